The topological polar surface area (TPSA) is 87.2 Å². The molecule has 0 aliphatic rings. The molecule has 0 spiro atoms. The maximum absolute atomic E-state index is 5.35. The minimum atomic E-state index is 0.456. The summed E-state index contributed by atoms with van der Waals surface area (Å²) in [5.74, 6) is 7.73. The minimum absolute atomic E-state index is 0.456. The summed E-state index contributed by atoms with van der Waals surface area (Å²) in [5.41, 5.74) is 3.20. The van der Waals surface area contributed by atoms with Crippen molar-refractivity contribution in [2.75, 3.05) is 19.6 Å². The molecule has 0 bridgehead atoms. The lowest BCUT2D eigenvalue weighted by molar-refractivity contribution is 0.396. The molecule has 0 atom stereocenters. The molecule has 2 rings (SSSR count). The van der Waals surface area contributed by atoms with Crippen LogP contribution in [0.4, 0.5) is 5.95 Å². The van der Waals surface area contributed by atoms with Crippen molar-refractivity contribution in [1.82, 2.24) is 14.8 Å². The quantitative estimate of drug-likeness (QED) is 0.615. The smallest absolute Gasteiger partial charge is 0.238 e. The van der Waals surface area contributed by atoms with Gasteiger partial charge in [0.2, 0.25) is 5.95 Å². The van der Waals surface area contributed by atoms with Crippen LogP contribution >= 0.6 is 0 Å². The van der Waals surface area contributed by atoms with E-state index < -0.39 is 0 Å². The maximum Gasteiger partial charge on any atom is 0.238 e. The average molecular weight is 249 g/mol. The van der Waals surface area contributed by atoms with Crippen LogP contribution in [0.5, 0.6) is 11.5 Å². The van der Waals surface area contributed by atoms with Gasteiger partial charge in [-0.1, -0.05) is 6.07 Å². The van der Waals surface area contributed by atoms with Crippen molar-refractivity contribution in [3.8, 4) is 22.9 Å². The van der Waals surface area contributed by atoms with Crippen LogP contribution in [-0.2, 0) is 7.05 Å². The normalized spacial score (nSPS) is 10.2. The molecule has 1 aromatic heterocycles. The number of hydrazine groups is 1. The van der Waals surface area contributed by atoms with E-state index in [1.807, 2.05) is 18.2 Å². The van der Waals surface area contributed by atoms with Gasteiger partial charge in [0, 0.05) is 7.05 Å². The number of rotatable bonds is 4. The molecule has 3 N–H and O–H groups in total. The Kier molecular flexibility index (Phi) is 3.33. The van der Waals surface area contributed by atoms with E-state index in [-0.39, 0.29) is 0 Å². The van der Waals surface area contributed by atoms with Crippen molar-refractivity contribution in [2.45, 2.75) is 0 Å². The number of nitrogens with zero attached hydrogens (tertiary/aromatic N) is 3. The first-order valence-corrected chi connectivity index (χ1v) is 5.30. The molecule has 0 fully saturated rings. The van der Waals surface area contributed by atoms with E-state index in [1.165, 1.54) is 0 Å². The summed E-state index contributed by atoms with van der Waals surface area (Å²) in [7, 11) is 4.99. The number of anilines is 1. The van der Waals surface area contributed by atoms with Gasteiger partial charge in [-0.25, -0.2) is 5.84 Å². The molecular formula is C11H15N5O2. The lowest BCUT2D eigenvalue weighted by Crippen LogP contribution is -2.12. The van der Waals surface area contributed by atoms with Gasteiger partial charge in [-0.05, 0) is 12.1 Å². The molecule has 1 heterocycles. The molecule has 0 saturated heterocycles. The van der Waals surface area contributed by atoms with Gasteiger partial charge < -0.3 is 9.47 Å². The largest absolute Gasteiger partial charge is 0.496 e. The molecule has 18 heavy (non-hydrogen) atoms. The lowest BCUT2D eigenvalue weighted by atomic mass is 10.1. The van der Waals surface area contributed by atoms with Crippen molar-refractivity contribution in [3.63, 3.8) is 0 Å². The van der Waals surface area contributed by atoms with Gasteiger partial charge in [-0.15, -0.1) is 10.2 Å². The molecule has 0 aliphatic heterocycles. The van der Waals surface area contributed by atoms with Gasteiger partial charge in [0.05, 0.1) is 14.2 Å². The number of ether oxygens (including phenoxy) is 2. The van der Waals surface area contributed by atoms with Crippen LogP contribution in [0.25, 0.3) is 11.4 Å². The monoisotopic (exact) mass is 249 g/mol. The highest BCUT2D eigenvalue weighted by atomic mass is 16.5. The fourth-order valence-corrected chi connectivity index (χ4v) is 1.74. The van der Waals surface area contributed by atoms with Crippen molar-refractivity contribution in [1.29, 1.82) is 0 Å². The Morgan fingerprint density at radius 3 is 2.22 bits per heavy atom. The Hall–Kier alpha value is -2.28. The summed E-state index contributed by atoms with van der Waals surface area (Å²) in [6, 6.07) is 5.52. The SMILES string of the molecule is COc1cccc(OC)c1-c1nnc(NN)n1C. The predicted molar refractivity (Wildman–Crippen MR) is 67.4 cm³/mol. The number of methoxy groups -OCH3 is 2. The molecule has 0 unspecified atom stereocenters. The van der Waals surface area contributed by atoms with Crippen LogP contribution < -0.4 is 20.7 Å². The zero-order valence-electron chi connectivity index (χ0n) is 10.5. The molecule has 0 saturated carbocycles. The summed E-state index contributed by atoms with van der Waals surface area (Å²) < 4.78 is 12.4. The van der Waals surface area contributed by atoms with E-state index in [1.54, 1.807) is 25.8 Å². The molecule has 0 aliphatic carbocycles. The Morgan fingerprint density at radius 1 is 1.17 bits per heavy atom. The lowest BCUT2D eigenvalue weighted by Gasteiger charge is -2.12. The third kappa shape index (κ3) is 1.84. The number of hydrogen-bond acceptors (Lipinski definition) is 6. The highest BCUT2D eigenvalue weighted by Gasteiger charge is 2.18. The molecule has 0 amide bonds. The van der Waals surface area contributed by atoms with Crippen LogP contribution in [-0.4, -0.2) is 29.0 Å². The third-order valence-electron chi connectivity index (χ3n) is 2.66. The molecule has 7 heteroatoms. The van der Waals surface area contributed by atoms with Gasteiger partial charge in [0.15, 0.2) is 5.82 Å². The second kappa shape index (κ2) is 4.92. The Bertz CT molecular complexity index is 530. The van der Waals surface area contributed by atoms with Gasteiger partial charge >= 0.3 is 0 Å². The van der Waals surface area contributed by atoms with E-state index in [0.29, 0.717) is 23.3 Å². The second-order valence-electron chi connectivity index (χ2n) is 3.59. The minimum Gasteiger partial charge on any atom is -0.496 e. The first-order valence-electron chi connectivity index (χ1n) is 5.30. The fraction of sp³-hybridized carbons (Fsp3) is 0.273. The Balaban J connectivity index is 2.65. The number of nitrogens with one attached hydrogen (secondary N) is 1. The molecule has 2 aromatic rings. The van der Waals surface area contributed by atoms with E-state index in [0.717, 1.165) is 5.56 Å². The van der Waals surface area contributed by atoms with Gasteiger partial charge in [-0.2, -0.15) is 0 Å². The molecule has 96 valence electrons. The van der Waals surface area contributed by atoms with Crippen LogP contribution in [0.3, 0.4) is 0 Å². The molecule has 7 nitrogen and oxygen atoms in total. The first-order chi connectivity index (χ1) is 8.72. The predicted octanol–water partition coefficient (Wildman–Crippen LogP) is 0.785. The summed E-state index contributed by atoms with van der Waals surface area (Å²) in [6.45, 7) is 0. The third-order valence-corrected chi connectivity index (χ3v) is 2.66. The second-order valence-corrected chi connectivity index (χ2v) is 3.59. The van der Waals surface area contributed by atoms with Crippen molar-refractivity contribution < 1.29 is 9.47 Å². The fourth-order valence-electron chi connectivity index (χ4n) is 1.74. The first kappa shape index (κ1) is 12.2. The van der Waals surface area contributed by atoms with Gasteiger partial charge in [-0.3, -0.25) is 9.99 Å². The standard InChI is InChI=1S/C11H15N5O2/c1-16-10(14-15-11(16)13-12)9-7(17-2)5-4-6-8(9)18-3/h4-6H,12H2,1-3H3,(H,13,15). The number of benzene rings is 1. The maximum atomic E-state index is 5.35. The van der Waals surface area contributed by atoms with Crippen LogP contribution in [0.15, 0.2) is 18.2 Å². The Labute approximate surface area is 104 Å². The summed E-state index contributed by atoms with van der Waals surface area (Å²) in [4.78, 5) is 0. The van der Waals surface area contributed by atoms with E-state index >= 15 is 0 Å². The molecular weight excluding hydrogens is 234 g/mol. The molecule has 1 aromatic carbocycles. The highest BCUT2D eigenvalue weighted by molar-refractivity contribution is 5.72. The Morgan fingerprint density at radius 2 is 1.78 bits per heavy atom. The summed E-state index contributed by atoms with van der Waals surface area (Å²) >= 11 is 0. The summed E-state index contributed by atoms with van der Waals surface area (Å²) in [6.07, 6.45) is 0. The van der Waals surface area contributed by atoms with Crippen molar-refractivity contribution in [2.24, 2.45) is 12.9 Å². The number of hydrogen-bond donors (Lipinski definition) is 2. The van der Waals surface area contributed by atoms with E-state index in [2.05, 4.69) is 15.6 Å². The van der Waals surface area contributed by atoms with Gasteiger partial charge in [0.1, 0.15) is 17.1 Å². The molecule has 0 radical (unpaired) electrons. The van der Waals surface area contributed by atoms with Crippen LogP contribution in [0.2, 0.25) is 0 Å². The number of nitrogen functional groups attached to an aromatic ring is 1. The van der Waals surface area contributed by atoms with E-state index in [9.17, 15) is 0 Å². The van der Waals surface area contributed by atoms with E-state index in [4.69, 9.17) is 15.3 Å². The van der Waals surface area contributed by atoms with Crippen molar-refractivity contribution in [3.05, 3.63) is 18.2 Å². The van der Waals surface area contributed by atoms with Crippen LogP contribution in [0.1, 0.15) is 0 Å². The number of nitrogens with two attached hydrogens (primary N) is 1. The zero-order chi connectivity index (χ0) is 13.1. The van der Waals surface area contributed by atoms with Gasteiger partial charge in [0.25, 0.3) is 0 Å². The van der Waals surface area contributed by atoms with Crippen LogP contribution in [0, 0.1) is 0 Å². The number of aromatic nitrogens is 3. The summed E-state index contributed by atoms with van der Waals surface area (Å²) in [5, 5.41) is 8.01. The highest BCUT2D eigenvalue weighted by Crippen LogP contribution is 2.37. The van der Waals surface area contributed by atoms with Crippen molar-refractivity contribution >= 4 is 5.95 Å². The average Bonchev–Trinajstić information content (AvgIpc) is 2.78. The zero-order valence-corrected chi connectivity index (χ0v) is 10.5.